The highest BCUT2D eigenvalue weighted by atomic mass is 127. The Hall–Kier alpha value is -1.39. The van der Waals surface area contributed by atoms with Gasteiger partial charge in [0.05, 0.1) is 30.5 Å². The maximum absolute atomic E-state index is 9.36. The van der Waals surface area contributed by atoms with E-state index < -0.39 is 0 Å². The molecular formula is C20H32IN5O2. The third-order valence-electron chi connectivity index (χ3n) is 5.14. The smallest absolute Gasteiger partial charge is 0.191 e. The highest BCUT2D eigenvalue weighted by Crippen LogP contribution is 2.32. The number of aryl methyl sites for hydroxylation is 1. The normalized spacial score (nSPS) is 19.6. The summed E-state index contributed by atoms with van der Waals surface area (Å²) in [5.74, 6) is 0.831. The van der Waals surface area contributed by atoms with Gasteiger partial charge in [0.1, 0.15) is 0 Å². The van der Waals surface area contributed by atoms with Gasteiger partial charge < -0.3 is 25.0 Å². The number of ether oxygens (including phenoxy) is 1. The van der Waals surface area contributed by atoms with Gasteiger partial charge in [0.15, 0.2) is 5.96 Å². The van der Waals surface area contributed by atoms with Crippen LogP contribution < -0.4 is 10.6 Å². The van der Waals surface area contributed by atoms with E-state index in [2.05, 4.69) is 33.2 Å². The lowest BCUT2D eigenvalue weighted by atomic mass is 9.84. The Morgan fingerprint density at radius 1 is 1.36 bits per heavy atom. The number of para-hydroxylation sites is 2. The zero-order chi connectivity index (χ0) is 19.0. The lowest BCUT2D eigenvalue weighted by Crippen LogP contribution is -2.39. The summed E-state index contributed by atoms with van der Waals surface area (Å²) >= 11 is 0. The Morgan fingerprint density at radius 3 is 2.96 bits per heavy atom. The van der Waals surface area contributed by atoms with Crippen LogP contribution in [0.2, 0.25) is 0 Å². The first-order chi connectivity index (χ1) is 13.3. The second kappa shape index (κ2) is 11.6. The molecule has 8 heteroatoms. The number of imidazole rings is 1. The molecule has 28 heavy (non-hydrogen) atoms. The van der Waals surface area contributed by atoms with Gasteiger partial charge in [0, 0.05) is 38.3 Å². The third kappa shape index (κ3) is 6.05. The highest BCUT2D eigenvalue weighted by Gasteiger charge is 2.34. The van der Waals surface area contributed by atoms with Crippen molar-refractivity contribution in [2.24, 2.45) is 10.4 Å². The average Bonchev–Trinajstić information content (AvgIpc) is 3.31. The minimum atomic E-state index is -0.0210. The Morgan fingerprint density at radius 2 is 2.21 bits per heavy atom. The van der Waals surface area contributed by atoms with E-state index in [9.17, 15) is 5.11 Å². The number of benzene rings is 1. The first kappa shape index (κ1) is 22.9. The zero-order valence-electron chi connectivity index (χ0n) is 16.6. The molecule has 2 heterocycles. The second-order valence-corrected chi connectivity index (χ2v) is 7.18. The van der Waals surface area contributed by atoms with E-state index >= 15 is 0 Å². The summed E-state index contributed by atoms with van der Waals surface area (Å²) < 4.78 is 7.74. The van der Waals surface area contributed by atoms with E-state index in [1.165, 1.54) is 5.52 Å². The number of nitrogens with one attached hydrogen (secondary N) is 2. The van der Waals surface area contributed by atoms with Crippen LogP contribution in [0.3, 0.4) is 0 Å². The number of aliphatic hydroxyl groups excluding tert-OH is 1. The van der Waals surface area contributed by atoms with Crippen LogP contribution in [-0.4, -0.2) is 60.1 Å². The van der Waals surface area contributed by atoms with Crippen LogP contribution in [0.4, 0.5) is 0 Å². The molecule has 0 bridgehead atoms. The van der Waals surface area contributed by atoms with E-state index in [1.807, 2.05) is 24.5 Å². The predicted octanol–water partition coefficient (Wildman–Crippen LogP) is 2.39. The summed E-state index contributed by atoms with van der Waals surface area (Å²) in [5, 5.41) is 16.1. The van der Waals surface area contributed by atoms with Gasteiger partial charge in [-0.3, -0.25) is 4.99 Å². The van der Waals surface area contributed by atoms with Crippen LogP contribution in [0.5, 0.6) is 0 Å². The average molecular weight is 501 g/mol. The molecule has 7 nitrogen and oxygen atoms in total. The Kier molecular flexibility index (Phi) is 9.46. The maximum Gasteiger partial charge on any atom is 0.191 e. The van der Waals surface area contributed by atoms with E-state index in [4.69, 9.17) is 9.73 Å². The SMILES string of the molecule is CCNC(=NCC1(CCO)CCOC1)NCCCn1cnc2ccccc21.I. The summed E-state index contributed by atoms with van der Waals surface area (Å²) in [6.07, 6.45) is 4.59. The van der Waals surface area contributed by atoms with Gasteiger partial charge >= 0.3 is 0 Å². The monoisotopic (exact) mass is 501 g/mol. The Balaban J connectivity index is 0.00000280. The first-order valence-corrected chi connectivity index (χ1v) is 9.87. The highest BCUT2D eigenvalue weighted by molar-refractivity contribution is 14.0. The summed E-state index contributed by atoms with van der Waals surface area (Å²) in [7, 11) is 0. The largest absolute Gasteiger partial charge is 0.396 e. The predicted molar refractivity (Wildman–Crippen MR) is 123 cm³/mol. The quantitative estimate of drug-likeness (QED) is 0.213. The molecule has 0 radical (unpaired) electrons. The van der Waals surface area contributed by atoms with Crippen LogP contribution >= 0.6 is 24.0 Å². The minimum Gasteiger partial charge on any atom is -0.396 e. The molecule has 156 valence electrons. The number of aliphatic imine (C=N–C) groups is 1. The summed E-state index contributed by atoms with van der Waals surface area (Å²) in [4.78, 5) is 9.19. The van der Waals surface area contributed by atoms with Crippen LogP contribution in [0.25, 0.3) is 11.0 Å². The van der Waals surface area contributed by atoms with Crippen molar-refractivity contribution in [1.29, 1.82) is 0 Å². The number of guanidine groups is 1. The van der Waals surface area contributed by atoms with Gasteiger partial charge in [0.2, 0.25) is 0 Å². The van der Waals surface area contributed by atoms with E-state index in [1.54, 1.807) is 0 Å². The van der Waals surface area contributed by atoms with Crippen molar-refractivity contribution in [2.75, 3.05) is 39.5 Å². The number of aliphatic hydroxyl groups is 1. The fourth-order valence-electron chi connectivity index (χ4n) is 3.52. The topological polar surface area (TPSA) is 83.7 Å². The molecule has 2 aromatic rings. The number of halogens is 1. The van der Waals surface area contributed by atoms with Gasteiger partial charge in [-0.2, -0.15) is 0 Å². The molecular weight excluding hydrogens is 469 g/mol. The third-order valence-corrected chi connectivity index (χ3v) is 5.14. The van der Waals surface area contributed by atoms with Crippen LogP contribution in [0, 0.1) is 5.41 Å². The molecule has 3 N–H and O–H groups in total. The van der Waals surface area contributed by atoms with Crippen molar-refractivity contribution >= 4 is 41.0 Å². The van der Waals surface area contributed by atoms with Gasteiger partial charge in [-0.1, -0.05) is 12.1 Å². The maximum atomic E-state index is 9.36. The molecule has 1 unspecified atom stereocenters. The Bertz CT molecular complexity index is 743. The summed E-state index contributed by atoms with van der Waals surface area (Å²) in [6, 6.07) is 8.20. The number of rotatable bonds is 9. The number of nitrogens with zero attached hydrogens (tertiary/aromatic N) is 3. The molecule has 0 saturated carbocycles. The van der Waals surface area contributed by atoms with Crippen molar-refractivity contribution in [3.8, 4) is 0 Å². The molecule has 1 aliphatic rings. The van der Waals surface area contributed by atoms with E-state index in [0.29, 0.717) is 13.2 Å². The number of fused-ring (bicyclic) bond motifs is 1. The Labute approximate surface area is 184 Å². The first-order valence-electron chi connectivity index (χ1n) is 9.87. The molecule has 1 saturated heterocycles. The molecule has 1 aromatic heterocycles. The van der Waals surface area contributed by atoms with Gasteiger partial charge in [-0.05, 0) is 38.3 Å². The molecule has 0 spiro atoms. The fraction of sp³-hybridized carbons (Fsp3) is 0.600. The molecule has 3 rings (SSSR count). The van der Waals surface area contributed by atoms with Gasteiger partial charge in [-0.15, -0.1) is 24.0 Å². The van der Waals surface area contributed by atoms with Crippen LogP contribution in [0.15, 0.2) is 35.6 Å². The van der Waals surface area contributed by atoms with E-state index in [0.717, 1.165) is 57.0 Å². The molecule has 1 atom stereocenters. The lowest BCUT2D eigenvalue weighted by molar-refractivity contribution is 0.131. The summed E-state index contributed by atoms with van der Waals surface area (Å²) in [6.45, 7) is 6.94. The zero-order valence-corrected chi connectivity index (χ0v) is 18.9. The second-order valence-electron chi connectivity index (χ2n) is 7.18. The molecule has 0 aliphatic carbocycles. The summed E-state index contributed by atoms with van der Waals surface area (Å²) in [5.41, 5.74) is 2.19. The fourth-order valence-corrected chi connectivity index (χ4v) is 3.52. The number of aromatic nitrogens is 2. The van der Waals surface area contributed by atoms with Crippen molar-refractivity contribution in [3.63, 3.8) is 0 Å². The van der Waals surface area contributed by atoms with Gasteiger partial charge in [0.25, 0.3) is 0 Å². The molecule has 1 aliphatic heterocycles. The molecule has 0 amide bonds. The standard InChI is InChI=1S/C20H31N5O2.HI/c1-2-21-19(23-14-20(8-12-26)9-13-27-15-20)22-10-5-11-25-16-24-17-6-3-4-7-18(17)25;/h3-4,6-7,16,26H,2,5,8-15H2,1H3,(H2,21,22,23);1H. The molecule has 1 aromatic carbocycles. The van der Waals surface area contributed by atoms with Crippen molar-refractivity contribution in [3.05, 3.63) is 30.6 Å². The van der Waals surface area contributed by atoms with Crippen LogP contribution in [0.1, 0.15) is 26.2 Å². The van der Waals surface area contributed by atoms with Crippen molar-refractivity contribution < 1.29 is 9.84 Å². The van der Waals surface area contributed by atoms with Crippen molar-refractivity contribution in [1.82, 2.24) is 20.2 Å². The minimum absolute atomic E-state index is 0. The molecule has 1 fully saturated rings. The van der Waals surface area contributed by atoms with Crippen molar-refractivity contribution in [2.45, 2.75) is 32.7 Å². The lowest BCUT2D eigenvalue weighted by Gasteiger charge is -2.24. The number of hydrogen-bond acceptors (Lipinski definition) is 4. The number of hydrogen-bond donors (Lipinski definition) is 3. The van der Waals surface area contributed by atoms with Gasteiger partial charge in [-0.25, -0.2) is 4.98 Å². The van der Waals surface area contributed by atoms with Crippen LogP contribution in [-0.2, 0) is 11.3 Å². The van der Waals surface area contributed by atoms with E-state index in [-0.39, 0.29) is 36.0 Å².